The number of hydrogen-bond donors (Lipinski definition) is 0. The normalized spacial score (nSPS) is 13.2. The number of nitrogens with zero attached hydrogens (tertiary/aromatic N) is 2. The first-order valence-electron chi connectivity index (χ1n) is 3.73. The Morgan fingerprint density at radius 3 is 2.92 bits per heavy atom. The summed E-state index contributed by atoms with van der Waals surface area (Å²) < 4.78 is 9.84. The summed E-state index contributed by atoms with van der Waals surface area (Å²) in [6, 6.07) is 0. The lowest BCUT2D eigenvalue weighted by Gasteiger charge is -2.05. The van der Waals surface area contributed by atoms with Crippen molar-refractivity contribution in [2.75, 3.05) is 7.11 Å². The first-order valence-corrected chi connectivity index (χ1v) is 5.30. The number of rotatable bonds is 4. The van der Waals surface area contributed by atoms with E-state index in [-0.39, 0.29) is 0 Å². The summed E-state index contributed by atoms with van der Waals surface area (Å²) >= 11 is 4.65. The number of hydrogen-bond acceptors (Lipinski definition) is 4. The van der Waals surface area contributed by atoms with Crippen LogP contribution in [0.15, 0.2) is 4.73 Å². The third-order valence-corrected chi connectivity index (χ3v) is 2.97. The Hall–Kier alpha value is -0.0000000000000000278. The molecular formula is C7H11BrN2OS. The molecule has 1 atom stereocenters. The van der Waals surface area contributed by atoms with Crippen molar-refractivity contribution in [2.24, 2.45) is 0 Å². The number of aryl methyl sites for hydroxylation is 1. The third kappa shape index (κ3) is 3.16. The Morgan fingerprint density at radius 1 is 1.67 bits per heavy atom. The van der Waals surface area contributed by atoms with Crippen LogP contribution in [0.4, 0.5) is 0 Å². The lowest BCUT2D eigenvalue weighted by Crippen LogP contribution is -2.05. The van der Waals surface area contributed by atoms with Gasteiger partial charge in [0.15, 0.2) is 0 Å². The van der Waals surface area contributed by atoms with Crippen LogP contribution in [0.2, 0.25) is 0 Å². The minimum absolute atomic E-state index is 0.299. The molecule has 0 aliphatic carbocycles. The Morgan fingerprint density at radius 2 is 2.42 bits per heavy atom. The number of aromatic nitrogens is 2. The molecule has 1 rings (SSSR count). The molecule has 0 amide bonds. The van der Waals surface area contributed by atoms with Crippen molar-refractivity contribution in [3.8, 4) is 0 Å². The molecule has 1 heterocycles. The van der Waals surface area contributed by atoms with Crippen LogP contribution in [0.5, 0.6) is 0 Å². The Bertz CT molecular complexity index is 241. The topological polar surface area (TPSA) is 35.0 Å². The fourth-order valence-corrected chi connectivity index (χ4v) is 1.89. The molecule has 0 saturated carbocycles. The Kier molecular flexibility index (Phi) is 4.11. The summed E-state index contributed by atoms with van der Waals surface area (Å²) in [4.78, 5) is 4.19. The summed E-state index contributed by atoms with van der Waals surface area (Å²) in [6.07, 6.45) is 2.24. The largest absolute Gasteiger partial charge is 0.382 e. The molecule has 3 nitrogen and oxygen atoms in total. The number of halogens is 1. The molecule has 0 fully saturated rings. The number of ether oxygens (including phenoxy) is 1. The van der Waals surface area contributed by atoms with Crippen LogP contribution in [-0.4, -0.2) is 22.6 Å². The molecule has 1 unspecified atom stereocenters. The summed E-state index contributed by atoms with van der Waals surface area (Å²) in [6.45, 7) is 2.05. The monoisotopic (exact) mass is 250 g/mol. The highest BCUT2D eigenvalue weighted by atomic mass is 79.9. The van der Waals surface area contributed by atoms with Gasteiger partial charge < -0.3 is 4.74 Å². The van der Waals surface area contributed by atoms with Gasteiger partial charge in [-0.05, 0) is 40.8 Å². The Labute approximate surface area is 84.5 Å². The van der Waals surface area contributed by atoms with E-state index in [0.717, 1.165) is 17.8 Å². The zero-order valence-electron chi connectivity index (χ0n) is 7.08. The minimum atomic E-state index is 0.299. The molecule has 0 aliphatic rings. The van der Waals surface area contributed by atoms with E-state index >= 15 is 0 Å². The molecule has 68 valence electrons. The molecule has 0 saturated heterocycles. The van der Waals surface area contributed by atoms with Crippen LogP contribution in [0.25, 0.3) is 0 Å². The van der Waals surface area contributed by atoms with Crippen LogP contribution < -0.4 is 0 Å². The van der Waals surface area contributed by atoms with Gasteiger partial charge in [-0.25, -0.2) is 4.98 Å². The van der Waals surface area contributed by atoms with Crippen LogP contribution in [-0.2, 0) is 11.2 Å². The fourth-order valence-electron chi connectivity index (χ4n) is 0.780. The summed E-state index contributed by atoms with van der Waals surface area (Å²) in [5.41, 5.74) is 0. The third-order valence-electron chi connectivity index (χ3n) is 1.61. The van der Waals surface area contributed by atoms with E-state index in [9.17, 15) is 0 Å². The molecule has 0 spiro atoms. The van der Waals surface area contributed by atoms with E-state index in [1.165, 1.54) is 11.5 Å². The van der Waals surface area contributed by atoms with Gasteiger partial charge in [0.25, 0.3) is 0 Å². The first kappa shape index (κ1) is 10.1. The van der Waals surface area contributed by atoms with Crippen molar-refractivity contribution in [2.45, 2.75) is 25.9 Å². The summed E-state index contributed by atoms with van der Waals surface area (Å²) in [5.74, 6) is 0. The van der Waals surface area contributed by atoms with Gasteiger partial charge in [-0.1, -0.05) is 0 Å². The Balaban J connectivity index is 2.33. The predicted octanol–water partition coefficient (Wildman–Crippen LogP) is 2.27. The first-order chi connectivity index (χ1) is 5.72. The molecule has 0 radical (unpaired) electrons. The van der Waals surface area contributed by atoms with Crippen molar-refractivity contribution in [3.63, 3.8) is 0 Å². The van der Waals surface area contributed by atoms with E-state index < -0.39 is 0 Å². The van der Waals surface area contributed by atoms with Crippen molar-refractivity contribution < 1.29 is 4.74 Å². The lowest BCUT2D eigenvalue weighted by molar-refractivity contribution is 0.111. The van der Waals surface area contributed by atoms with Gasteiger partial charge in [-0.3, -0.25) is 0 Å². The molecule has 1 aromatic rings. The highest BCUT2D eigenvalue weighted by Gasteiger charge is 2.04. The van der Waals surface area contributed by atoms with E-state index in [0.29, 0.717) is 10.8 Å². The molecule has 0 N–H and O–H groups in total. The maximum atomic E-state index is 5.12. The SMILES string of the molecule is COC(C)CCc1nc(Br)ns1. The smallest absolute Gasteiger partial charge is 0.209 e. The standard InChI is InChI=1S/C7H11BrN2OS/c1-5(11-2)3-4-6-9-7(8)10-12-6/h5H,3-4H2,1-2H3. The number of methoxy groups -OCH3 is 1. The minimum Gasteiger partial charge on any atom is -0.382 e. The second-order valence-corrected chi connectivity index (χ2v) is 4.09. The van der Waals surface area contributed by atoms with Gasteiger partial charge in [-0.2, -0.15) is 4.37 Å². The highest BCUT2D eigenvalue weighted by molar-refractivity contribution is 9.10. The van der Waals surface area contributed by atoms with Gasteiger partial charge >= 0.3 is 0 Å². The fraction of sp³-hybridized carbons (Fsp3) is 0.714. The zero-order chi connectivity index (χ0) is 8.97. The van der Waals surface area contributed by atoms with Gasteiger partial charge in [0.1, 0.15) is 5.01 Å². The maximum absolute atomic E-state index is 5.12. The molecule has 5 heteroatoms. The van der Waals surface area contributed by atoms with Crippen LogP contribution in [0, 0.1) is 0 Å². The molecule has 0 bridgehead atoms. The van der Waals surface area contributed by atoms with Crippen LogP contribution in [0.3, 0.4) is 0 Å². The molecule has 0 aromatic carbocycles. The van der Waals surface area contributed by atoms with E-state index in [2.05, 4.69) is 32.2 Å². The van der Waals surface area contributed by atoms with Crippen molar-refractivity contribution in [1.29, 1.82) is 0 Å². The van der Waals surface area contributed by atoms with Gasteiger partial charge in [0, 0.05) is 13.5 Å². The predicted molar refractivity (Wildman–Crippen MR) is 52.4 cm³/mol. The van der Waals surface area contributed by atoms with E-state index in [4.69, 9.17) is 4.74 Å². The van der Waals surface area contributed by atoms with E-state index in [1.807, 2.05) is 0 Å². The highest BCUT2D eigenvalue weighted by Crippen LogP contribution is 2.12. The maximum Gasteiger partial charge on any atom is 0.209 e. The summed E-state index contributed by atoms with van der Waals surface area (Å²) in [7, 11) is 1.72. The molecular weight excluding hydrogens is 240 g/mol. The van der Waals surface area contributed by atoms with Gasteiger partial charge in [0.05, 0.1) is 6.10 Å². The van der Waals surface area contributed by atoms with Crippen molar-refractivity contribution in [1.82, 2.24) is 9.36 Å². The molecule has 0 aliphatic heterocycles. The molecule has 1 aromatic heterocycles. The second kappa shape index (κ2) is 4.89. The molecule has 12 heavy (non-hydrogen) atoms. The van der Waals surface area contributed by atoms with E-state index in [1.54, 1.807) is 7.11 Å². The van der Waals surface area contributed by atoms with Gasteiger partial charge in [0.2, 0.25) is 4.73 Å². The van der Waals surface area contributed by atoms with Crippen LogP contribution in [0.1, 0.15) is 18.4 Å². The average molecular weight is 251 g/mol. The quantitative estimate of drug-likeness (QED) is 0.823. The summed E-state index contributed by atoms with van der Waals surface area (Å²) in [5, 5.41) is 1.06. The second-order valence-electron chi connectivity index (χ2n) is 2.54. The zero-order valence-corrected chi connectivity index (χ0v) is 9.48. The lowest BCUT2D eigenvalue weighted by atomic mass is 10.2. The van der Waals surface area contributed by atoms with Crippen molar-refractivity contribution >= 4 is 27.5 Å². The van der Waals surface area contributed by atoms with Crippen LogP contribution >= 0.6 is 27.5 Å². The van der Waals surface area contributed by atoms with Gasteiger partial charge in [-0.15, -0.1) is 0 Å². The van der Waals surface area contributed by atoms with Crippen molar-refractivity contribution in [3.05, 3.63) is 9.74 Å². The average Bonchev–Trinajstić information content (AvgIpc) is 2.47.